The first-order valence-corrected chi connectivity index (χ1v) is 3.05. The van der Waals surface area contributed by atoms with E-state index in [0.29, 0.717) is 0 Å². The van der Waals surface area contributed by atoms with Gasteiger partial charge in [0.25, 0.3) is 0 Å². The standard InChI is InChI=1S/C5H4N4O4/c10-5(11)8-4-6-2-1-3(7-4)9(12)13/h1-2H,(H,10,11)(H,6,7,8)/p-1. The Morgan fingerprint density at radius 1 is 1.62 bits per heavy atom. The van der Waals surface area contributed by atoms with E-state index in [4.69, 9.17) is 0 Å². The van der Waals surface area contributed by atoms with Crippen LogP contribution < -0.4 is 10.4 Å². The minimum Gasteiger partial charge on any atom is -0.530 e. The molecule has 0 aliphatic rings. The zero-order valence-corrected chi connectivity index (χ0v) is 6.13. The molecule has 13 heavy (non-hydrogen) atoms. The van der Waals surface area contributed by atoms with E-state index in [1.165, 1.54) is 0 Å². The Kier molecular flexibility index (Phi) is 2.33. The summed E-state index contributed by atoms with van der Waals surface area (Å²) in [5.74, 6) is -0.868. The number of hydrogen-bond acceptors (Lipinski definition) is 6. The molecular formula is C5H3N4O4-. The average molecular weight is 183 g/mol. The van der Waals surface area contributed by atoms with E-state index in [1.807, 2.05) is 0 Å². The predicted molar refractivity (Wildman–Crippen MR) is 37.7 cm³/mol. The highest BCUT2D eigenvalue weighted by molar-refractivity contribution is 5.78. The maximum absolute atomic E-state index is 10.2. The Bertz CT molecular complexity index is 352. The van der Waals surface area contributed by atoms with E-state index in [0.717, 1.165) is 12.3 Å². The maximum Gasteiger partial charge on any atom is 0.369 e. The molecule has 0 spiro atoms. The molecule has 0 saturated heterocycles. The van der Waals surface area contributed by atoms with E-state index in [1.54, 1.807) is 5.32 Å². The van der Waals surface area contributed by atoms with Crippen molar-refractivity contribution in [1.82, 2.24) is 9.97 Å². The number of nitrogens with zero attached hydrogens (tertiary/aromatic N) is 3. The average Bonchev–Trinajstić information content (AvgIpc) is 2.03. The summed E-state index contributed by atoms with van der Waals surface area (Å²) >= 11 is 0. The number of carboxylic acid groups (broad SMARTS) is 1. The van der Waals surface area contributed by atoms with Gasteiger partial charge in [0.1, 0.15) is 6.09 Å². The Morgan fingerprint density at radius 3 is 2.85 bits per heavy atom. The first-order chi connectivity index (χ1) is 6.09. The van der Waals surface area contributed by atoms with E-state index in [9.17, 15) is 20.0 Å². The first kappa shape index (κ1) is 8.84. The third kappa shape index (κ3) is 2.36. The van der Waals surface area contributed by atoms with Crippen LogP contribution in [0.3, 0.4) is 0 Å². The fourth-order valence-corrected chi connectivity index (χ4v) is 0.602. The molecule has 1 aromatic rings. The minimum atomic E-state index is -1.62. The van der Waals surface area contributed by atoms with Crippen molar-refractivity contribution in [2.24, 2.45) is 0 Å². The lowest BCUT2D eigenvalue weighted by molar-refractivity contribution is -0.389. The first-order valence-electron chi connectivity index (χ1n) is 3.05. The molecule has 1 heterocycles. The van der Waals surface area contributed by atoms with Gasteiger partial charge in [0.15, 0.2) is 0 Å². The van der Waals surface area contributed by atoms with Crippen molar-refractivity contribution in [1.29, 1.82) is 0 Å². The fourth-order valence-electron chi connectivity index (χ4n) is 0.602. The number of carbonyl (C=O) groups excluding carboxylic acids is 1. The maximum atomic E-state index is 10.2. The van der Waals surface area contributed by atoms with Gasteiger partial charge in [0, 0.05) is 11.2 Å². The van der Waals surface area contributed by atoms with Crippen LogP contribution in [-0.4, -0.2) is 21.0 Å². The molecular weight excluding hydrogens is 180 g/mol. The summed E-state index contributed by atoms with van der Waals surface area (Å²) in [6.07, 6.45) is -0.559. The van der Waals surface area contributed by atoms with Crippen LogP contribution in [0.15, 0.2) is 12.3 Å². The highest BCUT2D eigenvalue weighted by Gasteiger charge is 2.09. The quantitative estimate of drug-likeness (QED) is 0.470. The smallest absolute Gasteiger partial charge is 0.369 e. The van der Waals surface area contributed by atoms with E-state index >= 15 is 0 Å². The molecule has 8 heteroatoms. The van der Waals surface area contributed by atoms with Gasteiger partial charge in [-0.1, -0.05) is 0 Å². The van der Waals surface area contributed by atoms with Crippen LogP contribution in [-0.2, 0) is 0 Å². The third-order valence-corrected chi connectivity index (χ3v) is 1.04. The molecule has 1 rings (SSSR count). The van der Waals surface area contributed by atoms with Crippen molar-refractivity contribution in [2.75, 3.05) is 5.32 Å². The Morgan fingerprint density at radius 2 is 2.31 bits per heavy atom. The topological polar surface area (TPSA) is 121 Å². The molecule has 1 N–H and O–H groups in total. The van der Waals surface area contributed by atoms with E-state index < -0.39 is 16.8 Å². The SMILES string of the molecule is O=C([O-])Nc1nccc([N+](=O)[O-])n1. The van der Waals surface area contributed by atoms with Gasteiger partial charge in [0.2, 0.25) is 0 Å². The molecule has 0 aliphatic heterocycles. The highest BCUT2D eigenvalue weighted by atomic mass is 16.6. The van der Waals surface area contributed by atoms with Gasteiger partial charge < -0.3 is 20.0 Å². The molecule has 0 radical (unpaired) electrons. The van der Waals surface area contributed by atoms with E-state index in [-0.39, 0.29) is 5.95 Å². The summed E-state index contributed by atoms with van der Waals surface area (Å²) < 4.78 is 0. The zero-order valence-electron chi connectivity index (χ0n) is 6.13. The second-order valence-corrected chi connectivity index (χ2v) is 1.91. The number of anilines is 1. The normalized spacial score (nSPS) is 9.23. The monoisotopic (exact) mass is 183 g/mol. The van der Waals surface area contributed by atoms with Crippen molar-refractivity contribution in [3.05, 3.63) is 22.4 Å². The molecule has 0 bridgehead atoms. The lowest BCUT2D eigenvalue weighted by Gasteiger charge is -1.99. The van der Waals surface area contributed by atoms with Gasteiger partial charge in [-0.15, -0.1) is 0 Å². The van der Waals surface area contributed by atoms with Crippen LogP contribution in [0.1, 0.15) is 0 Å². The van der Waals surface area contributed by atoms with Gasteiger partial charge >= 0.3 is 11.8 Å². The highest BCUT2D eigenvalue weighted by Crippen LogP contribution is 2.07. The molecule has 0 aromatic carbocycles. The Labute approximate surface area is 71.4 Å². The molecule has 0 saturated carbocycles. The lowest BCUT2D eigenvalue weighted by atomic mass is 10.6. The number of hydrogen-bond donors (Lipinski definition) is 1. The molecule has 0 aliphatic carbocycles. The van der Waals surface area contributed by atoms with Crippen molar-refractivity contribution < 1.29 is 14.8 Å². The van der Waals surface area contributed by atoms with Gasteiger partial charge in [-0.3, -0.25) is 5.32 Å². The van der Waals surface area contributed by atoms with Crippen molar-refractivity contribution in [2.45, 2.75) is 0 Å². The molecule has 8 nitrogen and oxygen atoms in total. The number of nitro groups is 1. The molecule has 0 fully saturated rings. The van der Waals surface area contributed by atoms with Crippen LogP contribution in [0.4, 0.5) is 16.6 Å². The number of aromatic nitrogens is 2. The van der Waals surface area contributed by atoms with Gasteiger partial charge in [-0.05, 0) is 4.92 Å². The molecule has 0 unspecified atom stereocenters. The summed E-state index contributed by atoms with van der Waals surface area (Å²) in [4.78, 5) is 26.1. The molecule has 68 valence electrons. The summed E-state index contributed by atoms with van der Waals surface area (Å²) in [5, 5.41) is 21.8. The van der Waals surface area contributed by atoms with Crippen molar-refractivity contribution in [3.63, 3.8) is 0 Å². The second kappa shape index (κ2) is 3.43. The van der Waals surface area contributed by atoms with Crippen LogP contribution in [0.5, 0.6) is 0 Å². The number of amides is 1. The molecule has 1 amide bonds. The van der Waals surface area contributed by atoms with Crippen LogP contribution in [0, 0.1) is 10.1 Å². The van der Waals surface area contributed by atoms with Gasteiger partial charge in [-0.2, -0.15) is 4.98 Å². The van der Waals surface area contributed by atoms with Crippen molar-refractivity contribution in [3.8, 4) is 0 Å². The van der Waals surface area contributed by atoms with Crippen molar-refractivity contribution >= 4 is 17.9 Å². The number of nitrogens with one attached hydrogen (secondary N) is 1. The fraction of sp³-hybridized carbons (Fsp3) is 0. The van der Waals surface area contributed by atoms with Crippen LogP contribution in [0.25, 0.3) is 0 Å². The number of carbonyl (C=O) groups is 1. The van der Waals surface area contributed by atoms with Crippen LogP contribution >= 0.6 is 0 Å². The van der Waals surface area contributed by atoms with E-state index in [2.05, 4.69) is 9.97 Å². The second-order valence-electron chi connectivity index (χ2n) is 1.91. The predicted octanol–water partition coefficient (Wildman–Crippen LogP) is -0.860. The van der Waals surface area contributed by atoms with Crippen LogP contribution in [0.2, 0.25) is 0 Å². The Hall–Kier alpha value is -2.25. The molecule has 1 aromatic heterocycles. The minimum absolute atomic E-state index is 0.380. The molecule has 0 atom stereocenters. The van der Waals surface area contributed by atoms with Gasteiger partial charge in [0.05, 0.1) is 6.07 Å². The summed E-state index contributed by atoms with van der Waals surface area (Å²) in [6.45, 7) is 0. The summed E-state index contributed by atoms with van der Waals surface area (Å²) in [5.41, 5.74) is 0. The largest absolute Gasteiger partial charge is 0.530 e. The lowest BCUT2D eigenvalue weighted by Crippen LogP contribution is -2.29. The number of rotatable bonds is 2. The summed E-state index contributed by atoms with van der Waals surface area (Å²) in [6, 6.07) is 1.04. The zero-order chi connectivity index (χ0) is 9.84. The summed E-state index contributed by atoms with van der Waals surface area (Å²) in [7, 11) is 0. The Balaban J connectivity index is 2.91. The third-order valence-electron chi connectivity index (χ3n) is 1.04. The van der Waals surface area contributed by atoms with Gasteiger partial charge in [-0.25, -0.2) is 0 Å².